The molecule has 1 spiro atoms. The molecule has 2 heterocycles. The highest BCUT2D eigenvalue weighted by molar-refractivity contribution is 5.34. The molecule has 20 heavy (non-hydrogen) atoms. The van der Waals surface area contributed by atoms with Crippen LogP contribution in [0.5, 0.6) is 0 Å². The fourth-order valence-electron chi connectivity index (χ4n) is 3.43. The summed E-state index contributed by atoms with van der Waals surface area (Å²) < 4.78 is 11.9. The minimum absolute atomic E-state index is 0.170. The van der Waals surface area contributed by atoms with E-state index in [1.54, 1.807) is 0 Å². The van der Waals surface area contributed by atoms with E-state index in [2.05, 4.69) is 15.3 Å². The van der Waals surface area contributed by atoms with Gasteiger partial charge in [0.05, 0.1) is 12.1 Å². The van der Waals surface area contributed by atoms with Gasteiger partial charge in [0.2, 0.25) is 5.95 Å². The van der Waals surface area contributed by atoms with E-state index in [0.29, 0.717) is 5.95 Å². The Morgan fingerprint density at radius 2 is 2.15 bits per heavy atom. The Labute approximate surface area is 120 Å². The van der Waals surface area contributed by atoms with Crippen LogP contribution in [-0.2, 0) is 9.47 Å². The second-order valence-electron chi connectivity index (χ2n) is 5.76. The van der Waals surface area contributed by atoms with E-state index in [0.717, 1.165) is 43.9 Å². The molecule has 1 saturated heterocycles. The van der Waals surface area contributed by atoms with Gasteiger partial charge in [0.1, 0.15) is 5.60 Å². The summed E-state index contributed by atoms with van der Waals surface area (Å²) in [5.41, 5.74) is 1.81. The average molecular weight is 277 g/mol. The molecule has 0 amide bonds. The molecular formula is C15H23N3O2. The Morgan fingerprint density at radius 1 is 1.40 bits per heavy atom. The number of hydrogen-bond acceptors (Lipinski definition) is 5. The summed E-state index contributed by atoms with van der Waals surface area (Å²) in [6.45, 7) is 7.59. The number of nitrogens with zero attached hydrogens (tertiary/aromatic N) is 2. The first-order chi connectivity index (χ1) is 9.64. The Kier molecular flexibility index (Phi) is 3.65. The molecule has 1 aliphatic carbocycles. The number of rotatable bonds is 4. The Bertz CT molecular complexity index is 466. The molecule has 5 nitrogen and oxygen atoms in total. The van der Waals surface area contributed by atoms with Gasteiger partial charge in [-0.3, -0.25) is 0 Å². The molecule has 2 fully saturated rings. The van der Waals surface area contributed by atoms with Crippen LogP contribution in [0.25, 0.3) is 0 Å². The van der Waals surface area contributed by atoms with Crippen molar-refractivity contribution in [3.05, 3.63) is 17.5 Å². The fourth-order valence-corrected chi connectivity index (χ4v) is 3.43. The lowest BCUT2D eigenvalue weighted by Gasteiger charge is -2.52. The van der Waals surface area contributed by atoms with Crippen LogP contribution in [-0.4, -0.2) is 40.9 Å². The van der Waals surface area contributed by atoms with Gasteiger partial charge in [0, 0.05) is 24.6 Å². The zero-order valence-corrected chi connectivity index (χ0v) is 12.5. The number of ether oxygens (including phenoxy) is 2. The maximum atomic E-state index is 6.04. The molecule has 0 aromatic carbocycles. The zero-order chi connectivity index (χ0) is 14.2. The van der Waals surface area contributed by atoms with Crippen LogP contribution in [0.15, 0.2) is 6.07 Å². The predicted octanol–water partition coefficient (Wildman–Crippen LogP) is 2.23. The number of aromatic nitrogens is 2. The van der Waals surface area contributed by atoms with Gasteiger partial charge >= 0.3 is 0 Å². The first-order valence-electron chi connectivity index (χ1n) is 7.48. The van der Waals surface area contributed by atoms with Crippen LogP contribution in [0.2, 0.25) is 0 Å². The van der Waals surface area contributed by atoms with Crippen LogP contribution < -0.4 is 5.32 Å². The minimum atomic E-state index is -0.170. The summed E-state index contributed by atoms with van der Waals surface area (Å²) in [4.78, 5) is 8.93. The van der Waals surface area contributed by atoms with Gasteiger partial charge in [-0.1, -0.05) is 0 Å². The van der Waals surface area contributed by atoms with E-state index in [1.165, 1.54) is 0 Å². The van der Waals surface area contributed by atoms with Crippen molar-refractivity contribution in [3.63, 3.8) is 0 Å². The van der Waals surface area contributed by atoms with E-state index >= 15 is 0 Å². The van der Waals surface area contributed by atoms with Gasteiger partial charge in [-0.2, -0.15) is 0 Å². The normalized spacial score (nSPS) is 32.4. The van der Waals surface area contributed by atoms with Gasteiger partial charge < -0.3 is 14.8 Å². The lowest BCUT2D eigenvalue weighted by Crippen LogP contribution is -2.66. The third kappa shape index (κ3) is 2.29. The third-order valence-corrected chi connectivity index (χ3v) is 4.32. The average Bonchev–Trinajstić information content (AvgIpc) is 2.88. The van der Waals surface area contributed by atoms with E-state index < -0.39 is 0 Å². The maximum absolute atomic E-state index is 6.04. The summed E-state index contributed by atoms with van der Waals surface area (Å²) in [7, 11) is 0. The highest BCUT2D eigenvalue weighted by atomic mass is 16.6. The molecule has 3 rings (SSSR count). The quantitative estimate of drug-likeness (QED) is 0.914. The largest absolute Gasteiger partial charge is 0.375 e. The standard InChI is InChI=1S/C15H23N3O2/c1-4-19-13-9-12(15(13)6-5-7-20-15)18-14-16-10(2)8-11(3)17-14/h8,12-13H,4-7,9H2,1-3H3,(H,16,17,18)/t12-,13-,15+/m1/s1. The molecule has 0 radical (unpaired) electrons. The Morgan fingerprint density at radius 3 is 2.75 bits per heavy atom. The summed E-state index contributed by atoms with van der Waals surface area (Å²) >= 11 is 0. The van der Waals surface area contributed by atoms with Crippen molar-refractivity contribution in [2.45, 2.75) is 57.8 Å². The Hall–Kier alpha value is -1.20. The second kappa shape index (κ2) is 5.30. The van der Waals surface area contributed by atoms with Gasteiger partial charge in [-0.15, -0.1) is 0 Å². The first-order valence-corrected chi connectivity index (χ1v) is 7.48. The van der Waals surface area contributed by atoms with Crippen molar-refractivity contribution in [1.29, 1.82) is 0 Å². The second-order valence-corrected chi connectivity index (χ2v) is 5.76. The monoisotopic (exact) mass is 277 g/mol. The van der Waals surface area contributed by atoms with Gasteiger partial charge in [-0.25, -0.2) is 9.97 Å². The lowest BCUT2D eigenvalue weighted by atomic mass is 9.70. The summed E-state index contributed by atoms with van der Waals surface area (Å²) in [6, 6.07) is 2.24. The molecule has 3 atom stereocenters. The van der Waals surface area contributed by atoms with Crippen molar-refractivity contribution < 1.29 is 9.47 Å². The predicted molar refractivity (Wildman–Crippen MR) is 76.9 cm³/mol. The van der Waals surface area contributed by atoms with Crippen LogP contribution >= 0.6 is 0 Å². The van der Waals surface area contributed by atoms with Crippen LogP contribution in [0.4, 0.5) is 5.95 Å². The molecule has 0 bridgehead atoms. The molecule has 1 aliphatic heterocycles. The van der Waals surface area contributed by atoms with Gasteiger partial charge in [0.25, 0.3) is 0 Å². The molecule has 1 aromatic rings. The molecule has 1 aromatic heterocycles. The van der Waals surface area contributed by atoms with Crippen molar-refractivity contribution >= 4 is 5.95 Å². The van der Waals surface area contributed by atoms with Crippen molar-refractivity contribution in [1.82, 2.24) is 9.97 Å². The van der Waals surface area contributed by atoms with E-state index in [4.69, 9.17) is 9.47 Å². The summed E-state index contributed by atoms with van der Waals surface area (Å²) in [5.74, 6) is 0.706. The molecule has 1 N–H and O–H groups in total. The van der Waals surface area contributed by atoms with Crippen molar-refractivity contribution in [2.75, 3.05) is 18.5 Å². The summed E-state index contributed by atoms with van der Waals surface area (Å²) in [5, 5.41) is 3.45. The third-order valence-electron chi connectivity index (χ3n) is 4.32. The molecule has 0 unspecified atom stereocenters. The van der Waals surface area contributed by atoms with E-state index in [1.807, 2.05) is 26.8 Å². The molecule has 110 valence electrons. The van der Waals surface area contributed by atoms with Gasteiger partial charge in [-0.05, 0) is 46.1 Å². The number of aryl methyl sites for hydroxylation is 2. The van der Waals surface area contributed by atoms with Crippen LogP contribution in [0.3, 0.4) is 0 Å². The zero-order valence-electron chi connectivity index (χ0n) is 12.5. The van der Waals surface area contributed by atoms with Crippen molar-refractivity contribution in [2.24, 2.45) is 0 Å². The maximum Gasteiger partial charge on any atom is 0.223 e. The SMILES string of the molecule is CCO[C@@H]1C[C@@H](Nc2nc(C)cc(C)n2)[C@@]12CCCO2. The highest BCUT2D eigenvalue weighted by Gasteiger charge is 2.59. The lowest BCUT2D eigenvalue weighted by molar-refractivity contribution is -0.184. The molecule has 1 saturated carbocycles. The molecule has 2 aliphatic rings. The number of hydrogen-bond donors (Lipinski definition) is 1. The minimum Gasteiger partial charge on any atom is -0.375 e. The summed E-state index contributed by atoms with van der Waals surface area (Å²) in [6.07, 6.45) is 3.33. The number of nitrogens with one attached hydrogen (secondary N) is 1. The van der Waals surface area contributed by atoms with Gasteiger partial charge in [0.15, 0.2) is 0 Å². The van der Waals surface area contributed by atoms with Crippen molar-refractivity contribution in [3.8, 4) is 0 Å². The topological polar surface area (TPSA) is 56.3 Å². The first kappa shape index (κ1) is 13.8. The molecule has 5 heteroatoms. The Balaban J connectivity index is 1.74. The smallest absolute Gasteiger partial charge is 0.223 e. The highest BCUT2D eigenvalue weighted by Crippen LogP contribution is 2.46. The molecular weight excluding hydrogens is 254 g/mol. The van der Waals surface area contributed by atoms with E-state index in [9.17, 15) is 0 Å². The van der Waals surface area contributed by atoms with Crippen LogP contribution in [0.1, 0.15) is 37.6 Å². The van der Waals surface area contributed by atoms with E-state index in [-0.39, 0.29) is 17.7 Å². The fraction of sp³-hybridized carbons (Fsp3) is 0.733. The number of anilines is 1. The van der Waals surface area contributed by atoms with Crippen LogP contribution in [0, 0.1) is 13.8 Å².